The molecule has 0 aliphatic carbocycles. The molecule has 2 rings (SSSR count). The lowest BCUT2D eigenvalue weighted by atomic mass is 10.3. The summed E-state index contributed by atoms with van der Waals surface area (Å²) in [5.74, 6) is 0.169. The number of nitrogens with zero attached hydrogens (tertiary/aromatic N) is 2. The van der Waals surface area contributed by atoms with E-state index in [1.165, 1.54) is 4.90 Å². The Bertz CT molecular complexity index is 385. The standard InChI is InChI=1S/C12H17N3OS/c1-10(16)14-6-8-15(9-7-14)17-12-4-2-11(13)3-5-12/h2-5H,6-9,13H2,1H3. The Labute approximate surface area is 106 Å². The number of amides is 1. The minimum atomic E-state index is 0.169. The van der Waals surface area contributed by atoms with Crippen LogP contribution in [0.4, 0.5) is 5.69 Å². The van der Waals surface area contributed by atoms with Crippen LogP contribution in [0.25, 0.3) is 0 Å². The van der Waals surface area contributed by atoms with Crippen molar-refractivity contribution in [2.75, 3.05) is 31.9 Å². The zero-order valence-corrected chi connectivity index (χ0v) is 10.7. The summed E-state index contributed by atoms with van der Waals surface area (Å²) < 4.78 is 2.28. The molecular weight excluding hydrogens is 234 g/mol. The Balaban J connectivity index is 1.85. The zero-order chi connectivity index (χ0) is 12.3. The first-order valence-electron chi connectivity index (χ1n) is 5.69. The Morgan fingerprint density at radius 2 is 1.76 bits per heavy atom. The fraction of sp³-hybridized carbons (Fsp3) is 0.417. The lowest BCUT2D eigenvalue weighted by Crippen LogP contribution is -2.45. The van der Waals surface area contributed by atoms with Crippen LogP contribution in [0.5, 0.6) is 0 Å². The first-order chi connectivity index (χ1) is 8.15. The van der Waals surface area contributed by atoms with Crippen molar-refractivity contribution in [3.05, 3.63) is 24.3 Å². The SMILES string of the molecule is CC(=O)N1CCN(Sc2ccc(N)cc2)CC1. The summed E-state index contributed by atoms with van der Waals surface area (Å²) in [4.78, 5) is 14.3. The van der Waals surface area contributed by atoms with Crippen LogP contribution in [0.1, 0.15) is 6.92 Å². The monoisotopic (exact) mass is 251 g/mol. The van der Waals surface area contributed by atoms with Gasteiger partial charge in [0.1, 0.15) is 0 Å². The molecular formula is C12H17N3OS. The van der Waals surface area contributed by atoms with Gasteiger partial charge in [-0.2, -0.15) is 0 Å². The van der Waals surface area contributed by atoms with E-state index in [2.05, 4.69) is 4.31 Å². The second kappa shape index (κ2) is 5.42. The smallest absolute Gasteiger partial charge is 0.219 e. The second-order valence-electron chi connectivity index (χ2n) is 4.10. The number of rotatable bonds is 2. The van der Waals surface area contributed by atoms with Gasteiger partial charge >= 0.3 is 0 Å². The summed E-state index contributed by atoms with van der Waals surface area (Å²) in [6.45, 7) is 5.08. The molecule has 1 fully saturated rings. The van der Waals surface area contributed by atoms with Crippen LogP contribution in [0.3, 0.4) is 0 Å². The zero-order valence-electron chi connectivity index (χ0n) is 9.93. The number of hydrogen-bond acceptors (Lipinski definition) is 4. The molecule has 0 saturated carbocycles. The predicted molar refractivity (Wildman–Crippen MR) is 70.5 cm³/mol. The van der Waals surface area contributed by atoms with E-state index in [4.69, 9.17) is 5.73 Å². The van der Waals surface area contributed by atoms with Crippen molar-refractivity contribution >= 4 is 23.5 Å². The third-order valence-corrected chi connectivity index (χ3v) is 3.90. The Morgan fingerprint density at radius 3 is 2.29 bits per heavy atom. The van der Waals surface area contributed by atoms with Gasteiger partial charge in [0.25, 0.3) is 0 Å². The fourth-order valence-electron chi connectivity index (χ4n) is 1.77. The summed E-state index contributed by atoms with van der Waals surface area (Å²) in [6, 6.07) is 7.87. The summed E-state index contributed by atoms with van der Waals surface area (Å²) in [5.41, 5.74) is 6.43. The number of carbonyl (C=O) groups excluding carboxylic acids is 1. The summed E-state index contributed by atoms with van der Waals surface area (Å²) in [7, 11) is 0. The number of benzene rings is 1. The maximum atomic E-state index is 11.2. The topological polar surface area (TPSA) is 49.6 Å². The highest BCUT2D eigenvalue weighted by atomic mass is 32.2. The molecule has 1 aromatic carbocycles. The van der Waals surface area contributed by atoms with Crippen molar-refractivity contribution in [2.24, 2.45) is 0 Å². The van der Waals surface area contributed by atoms with Gasteiger partial charge in [-0.25, -0.2) is 4.31 Å². The molecule has 0 aromatic heterocycles. The number of nitrogen functional groups attached to an aromatic ring is 1. The molecule has 5 heteroatoms. The molecule has 0 spiro atoms. The van der Waals surface area contributed by atoms with Crippen LogP contribution in [-0.4, -0.2) is 41.3 Å². The van der Waals surface area contributed by atoms with E-state index in [1.807, 2.05) is 29.2 Å². The van der Waals surface area contributed by atoms with Crippen molar-refractivity contribution < 1.29 is 4.79 Å². The van der Waals surface area contributed by atoms with Crippen molar-refractivity contribution in [3.63, 3.8) is 0 Å². The van der Waals surface area contributed by atoms with Crippen LogP contribution < -0.4 is 5.73 Å². The average Bonchev–Trinajstić information content (AvgIpc) is 2.33. The largest absolute Gasteiger partial charge is 0.399 e. The minimum Gasteiger partial charge on any atom is -0.399 e. The molecule has 0 unspecified atom stereocenters. The van der Waals surface area contributed by atoms with Crippen molar-refractivity contribution in [1.82, 2.24) is 9.21 Å². The lowest BCUT2D eigenvalue weighted by Gasteiger charge is -2.33. The second-order valence-corrected chi connectivity index (χ2v) is 5.27. The van der Waals surface area contributed by atoms with Gasteiger partial charge in [0.15, 0.2) is 0 Å². The van der Waals surface area contributed by atoms with Gasteiger partial charge in [0.2, 0.25) is 5.91 Å². The normalized spacial score (nSPS) is 17.1. The number of anilines is 1. The number of carbonyl (C=O) groups is 1. The van der Waals surface area contributed by atoms with Crippen molar-refractivity contribution in [1.29, 1.82) is 0 Å². The van der Waals surface area contributed by atoms with E-state index in [0.717, 1.165) is 31.9 Å². The molecule has 2 N–H and O–H groups in total. The van der Waals surface area contributed by atoms with E-state index >= 15 is 0 Å². The van der Waals surface area contributed by atoms with Crippen LogP contribution in [0, 0.1) is 0 Å². The van der Waals surface area contributed by atoms with Crippen LogP contribution in [0.2, 0.25) is 0 Å². The van der Waals surface area contributed by atoms with Crippen LogP contribution >= 0.6 is 11.9 Å². The molecule has 0 radical (unpaired) electrons. The molecule has 1 aliphatic heterocycles. The van der Waals surface area contributed by atoms with Gasteiger partial charge in [0.05, 0.1) is 0 Å². The molecule has 1 amide bonds. The van der Waals surface area contributed by atoms with Crippen LogP contribution in [-0.2, 0) is 4.79 Å². The third-order valence-electron chi connectivity index (χ3n) is 2.80. The van der Waals surface area contributed by atoms with Gasteiger partial charge in [-0.3, -0.25) is 4.79 Å². The molecule has 92 valence electrons. The summed E-state index contributed by atoms with van der Waals surface area (Å²) >= 11 is 1.73. The van der Waals surface area contributed by atoms with E-state index in [9.17, 15) is 4.79 Å². The quantitative estimate of drug-likeness (QED) is 0.638. The Morgan fingerprint density at radius 1 is 1.18 bits per heavy atom. The molecule has 4 nitrogen and oxygen atoms in total. The van der Waals surface area contributed by atoms with Crippen molar-refractivity contribution in [3.8, 4) is 0 Å². The predicted octanol–water partition coefficient (Wildman–Crippen LogP) is 1.44. The van der Waals surface area contributed by atoms with Gasteiger partial charge in [-0.05, 0) is 36.2 Å². The van der Waals surface area contributed by atoms with Gasteiger partial charge in [0, 0.05) is 43.7 Å². The van der Waals surface area contributed by atoms with Crippen molar-refractivity contribution in [2.45, 2.75) is 11.8 Å². The molecule has 1 aromatic rings. The molecule has 0 atom stereocenters. The van der Waals surface area contributed by atoms with E-state index in [1.54, 1.807) is 18.9 Å². The average molecular weight is 251 g/mol. The Kier molecular flexibility index (Phi) is 3.91. The first kappa shape index (κ1) is 12.3. The number of piperazine rings is 1. The van der Waals surface area contributed by atoms with Gasteiger partial charge in [-0.1, -0.05) is 0 Å². The lowest BCUT2D eigenvalue weighted by molar-refractivity contribution is -0.129. The van der Waals surface area contributed by atoms with Crippen LogP contribution in [0.15, 0.2) is 29.2 Å². The van der Waals surface area contributed by atoms with E-state index in [0.29, 0.717) is 0 Å². The molecule has 1 aliphatic rings. The molecule has 1 heterocycles. The highest BCUT2D eigenvalue weighted by Gasteiger charge is 2.18. The highest BCUT2D eigenvalue weighted by molar-refractivity contribution is 7.97. The minimum absolute atomic E-state index is 0.169. The van der Waals surface area contributed by atoms with E-state index < -0.39 is 0 Å². The summed E-state index contributed by atoms with van der Waals surface area (Å²) in [6.07, 6.45) is 0. The Hall–Kier alpha value is -1.20. The third kappa shape index (κ3) is 3.38. The maximum Gasteiger partial charge on any atom is 0.219 e. The number of hydrogen-bond donors (Lipinski definition) is 1. The molecule has 0 bridgehead atoms. The van der Waals surface area contributed by atoms with Gasteiger partial charge in [-0.15, -0.1) is 0 Å². The van der Waals surface area contributed by atoms with E-state index in [-0.39, 0.29) is 5.91 Å². The first-order valence-corrected chi connectivity index (χ1v) is 6.46. The molecule has 17 heavy (non-hydrogen) atoms. The van der Waals surface area contributed by atoms with Gasteiger partial charge < -0.3 is 10.6 Å². The molecule has 1 saturated heterocycles. The fourth-order valence-corrected chi connectivity index (χ4v) is 2.67. The summed E-state index contributed by atoms with van der Waals surface area (Å²) in [5, 5.41) is 0. The number of nitrogens with two attached hydrogens (primary N) is 1. The highest BCUT2D eigenvalue weighted by Crippen LogP contribution is 2.24. The maximum absolute atomic E-state index is 11.2.